The van der Waals surface area contributed by atoms with Gasteiger partial charge in [0.25, 0.3) is 0 Å². The SMILES string of the molecule is CCCCCCCCCCC1(O)CCCC(CCCCCC(C)C)C1(CCCCCC(C)C)CCCCCC(C)C. The number of hydrogen-bond donors (Lipinski definition) is 1. The minimum Gasteiger partial charge on any atom is -0.389 e. The van der Waals surface area contributed by atoms with Crippen LogP contribution in [0.2, 0.25) is 0 Å². The molecule has 0 aromatic carbocycles. The summed E-state index contributed by atoms with van der Waals surface area (Å²) in [6.45, 7) is 16.5. The number of aliphatic hydroxyl groups is 1. The molecule has 0 heterocycles. The van der Waals surface area contributed by atoms with Crippen molar-refractivity contribution in [2.45, 2.75) is 227 Å². The molecule has 0 aliphatic heterocycles. The third-order valence-corrected chi connectivity index (χ3v) is 10.9. The third-order valence-electron chi connectivity index (χ3n) is 10.9. The highest BCUT2D eigenvalue weighted by atomic mass is 16.3. The monoisotopic (exact) mass is 577 g/mol. The molecule has 246 valence electrons. The zero-order chi connectivity index (χ0) is 30.4. The maximum atomic E-state index is 12.8. The first-order chi connectivity index (χ1) is 19.7. The summed E-state index contributed by atoms with van der Waals surface area (Å²) in [5.41, 5.74) is -0.258. The van der Waals surface area contributed by atoms with Crippen molar-refractivity contribution in [1.82, 2.24) is 0 Å². The second-order valence-electron chi connectivity index (χ2n) is 16.0. The summed E-state index contributed by atoms with van der Waals surface area (Å²) in [4.78, 5) is 0. The molecule has 0 aromatic heterocycles. The number of hydrogen-bond acceptors (Lipinski definition) is 1. The van der Waals surface area contributed by atoms with E-state index < -0.39 is 5.60 Å². The van der Waals surface area contributed by atoms with Crippen LogP contribution in [-0.4, -0.2) is 10.7 Å². The lowest BCUT2D eigenvalue weighted by Crippen LogP contribution is -2.55. The van der Waals surface area contributed by atoms with E-state index in [0.29, 0.717) is 0 Å². The summed E-state index contributed by atoms with van der Waals surface area (Å²) < 4.78 is 0. The molecule has 2 unspecified atom stereocenters. The van der Waals surface area contributed by atoms with Crippen molar-refractivity contribution in [3.05, 3.63) is 0 Å². The molecule has 1 heteroatoms. The molecule has 2 atom stereocenters. The maximum absolute atomic E-state index is 12.8. The standard InChI is InChI=1S/C40H80O/c1-8-9-10-11-12-13-14-24-33-40(41)34-25-30-38(29-21-15-18-26-35(2)3)39(40,31-22-16-19-27-36(4)5)32-23-17-20-28-37(6)7/h35-38,41H,8-34H2,1-7H3. The topological polar surface area (TPSA) is 20.2 Å². The maximum Gasteiger partial charge on any atom is 0.0706 e. The second kappa shape index (κ2) is 23.4. The zero-order valence-electron chi connectivity index (χ0n) is 29.8. The van der Waals surface area contributed by atoms with E-state index in [1.54, 1.807) is 0 Å². The Kier molecular flexibility index (Phi) is 22.2. The van der Waals surface area contributed by atoms with Crippen LogP contribution < -0.4 is 0 Å². The van der Waals surface area contributed by atoms with Crippen LogP contribution in [0.4, 0.5) is 0 Å². The van der Waals surface area contributed by atoms with E-state index >= 15 is 0 Å². The summed E-state index contributed by atoms with van der Waals surface area (Å²) in [7, 11) is 0. The third kappa shape index (κ3) is 16.6. The van der Waals surface area contributed by atoms with Gasteiger partial charge in [-0.3, -0.25) is 0 Å². The van der Waals surface area contributed by atoms with Crippen LogP contribution in [0, 0.1) is 29.1 Å². The number of unbranched alkanes of at least 4 members (excludes halogenated alkanes) is 13. The molecule has 41 heavy (non-hydrogen) atoms. The highest BCUT2D eigenvalue weighted by molar-refractivity contribution is 5.05. The Balaban J connectivity index is 2.99. The van der Waals surface area contributed by atoms with Crippen molar-refractivity contribution in [2.24, 2.45) is 29.1 Å². The fourth-order valence-electron chi connectivity index (χ4n) is 8.35. The van der Waals surface area contributed by atoms with E-state index in [-0.39, 0.29) is 5.41 Å². The minimum absolute atomic E-state index is 0.167. The Hall–Kier alpha value is -0.0400. The van der Waals surface area contributed by atoms with Crippen molar-refractivity contribution in [3.8, 4) is 0 Å². The van der Waals surface area contributed by atoms with Gasteiger partial charge < -0.3 is 5.11 Å². The van der Waals surface area contributed by atoms with Crippen LogP contribution in [0.25, 0.3) is 0 Å². The lowest BCUT2D eigenvalue weighted by Gasteiger charge is -2.56. The molecular weight excluding hydrogens is 496 g/mol. The predicted molar refractivity (Wildman–Crippen MR) is 186 cm³/mol. The molecule has 1 aliphatic carbocycles. The molecule has 0 radical (unpaired) electrons. The van der Waals surface area contributed by atoms with E-state index in [1.165, 1.54) is 161 Å². The van der Waals surface area contributed by atoms with Gasteiger partial charge in [0.15, 0.2) is 0 Å². The Morgan fingerprint density at radius 3 is 1.44 bits per heavy atom. The molecule has 1 nitrogen and oxygen atoms in total. The quantitative estimate of drug-likeness (QED) is 0.0964. The van der Waals surface area contributed by atoms with Crippen molar-refractivity contribution in [1.29, 1.82) is 0 Å². The number of rotatable bonds is 27. The van der Waals surface area contributed by atoms with E-state index in [4.69, 9.17) is 0 Å². The average Bonchev–Trinajstić information content (AvgIpc) is 2.91. The summed E-state index contributed by atoms with van der Waals surface area (Å²) in [6.07, 6.45) is 36.1. The molecule has 0 amide bonds. The van der Waals surface area contributed by atoms with Gasteiger partial charge in [0.05, 0.1) is 5.60 Å². The van der Waals surface area contributed by atoms with Crippen LogP contribution in [0.5, 0.6) is 0 Å². The molecule has 1 rings (SSSR count). The zero-order valence-corrected chi connectivity index (χ0v) is 29.8. The summed E-state index contributed by atoms with van der Waals surface area (Å²) in [5.74, 6) is 3.20. The van der Waals surface area contributed by atoms with E-state index in [2.05, 4.69) is 48.5 Å². The van der Waals surface area contributed by atoms with Gasteiger partial charge >= 0.3 is 0 Å². The van der Waals surface area contributed by atoms with Crippen LogP contribution >= 0.6 is 0 Å². The van der Waals surface area contributed by atoms with Gasteiger partial charge in [0, 0.05) is 5.41 Å². The Morgan fingerprint density at radius 2 is 0.951 bits per heavy atom. The van der Waals surface area contributed by atoms with Gasteiger partial charge in [-0.25, -0.2) is 0 Å². The molecule has 0 bridgehead atoms. The van der Waals surface area contributed by atoms with Crippen molar-refractivity contribution in [2.75, 3.05) is 0 Å². The minimum atomic E-state index is -0.424. The lowest BCUT2D eigenvalue weighted by molar-refractivity contribution is -0.164. The van der Waals surface area contributed by atoms with Crippen molar-refractivity contribution >= 4 is 0 Å². The van der Waals surface area contributed by atoms with Gasteiger partial charge in [-0.2, -0.15) is 0 Å². The molecule has 1 fully saturated rings. The van der Waals surface area contributed by atoms with Gasteiger partial charge in [0.1, 0.15) is 0 Å². The first-order valence-corrected chi connectivity index (χ1v) is 19.4. The van der Waals surface area contributed by atoms with Crippen LogP contribution in [0.15, 0.2) is 0 Å². The van der Waals surface area contributed by atoms with E-state index in [1.807, 2.05) is 0 Å². The lowest BCUT2D eigenvalue weighted by atomic mass is 9.51. The summed E-state index contributed by atoms with van der Waals surface area (Å²) >= 11 is 0. The van der Waals surface area contributed by atoms with Gasteiger partial charge in [-0.15, -0.1) is 0 Å². The largest absolute Gasteiger partial charge is 0.389 e. The molecule has 1 N–H and O–H groups in total. The average molecular weight is 577 g/mol. The van der Waals surface area contributed by atoms with E-state index in [0.717, 1.165) is 36.5 Å². The molecule has 1 aliphatic rings. The second-order valence-corrected chi connectivity index (χ2v) is 16.0. The highest BCUT2D eigenvalue weighted by Gasteiger charge is 2.54. The molecule has 1 saturated carbocycles. The first-order valence-electron chi connectivity index (χ1n) is 19.4. The Labute approximate surface area is 261 Å². The van der Waals surface area contributed by atoms with Crippen molar-refractivity contribution < 1.29 is 5.11 Å². The summed E-state index contributed by atoms with van der Waals surface area (Å²) in [6, 6.07) is 0. The van der Waals surface area contributed by atoms with Crippen molar-refractivity contribution in [3.63, 3.8) is 0 Å². The highest BCUT2D eigenvalue weighted by Crippen LogP contribution is 2.58. The fraction of sp³-hybridized carbons (Fsp3) is 1.00. The summed E-state index contributed by atoms with van der Waals surface area (Å²) in [5, 5.41) is 12.8. The van der Waals surface area contributed by atoms with Crippen LogP contribution in [0.1, 0.15) is 222 Å². The molecule has 0 saturated heterocycles. The molecular formula is C40H80O. The fourth-order valence-corrected chi connectivity index (χ4v) is 8.35. The van der Waals surface area contributed by atoms with Gasteiger partial charge in [0.2, 0.25) is 0 Å². The normalized spacial score (nSPS) is 21.0. The van der Waals surface area contributed by atoms with Crippen LogP contribution in [-0.2, 0) is 0 Å². The first kappa shape index (κ1) is 39.0. The Morgan fingerprint density at radius 1 is 0.537 bits per heavy atom. The van der Waals surface area contributed by atoms with Gasteiger partial charge in [-0.05, 0) is 62.2 Å². The molecule has 0 aromatic rings. The Bertz CT molecular complexity index is 559. The smallest absolute Gasteiger partial charge is 0.0706 e. The predicted octanol–water partition coefficient (Wildman–Crippen LogP) is 13.9. The van der Waals surface area contributed by atoms with Crippen LogP contribution in [0.3, 0.4) is 0 Å². The van der Waals surface area contributed by atoms with Gasteiger partial charge in [-0.1, -0.05) is 183 Å². The molecule has 0 spiro atoms. The van der Waals surface area contributed by atoms with E-state index in [9.17, 15) is 5.11 Å².